The summed E-state index contributed by atoms with van der Waals surface area (Å²) in [5.41, 5.74) is 1.19. The van der Waals surface area contributed by atoms with Crippen molar-refractivity contribution in [3.63, 3.8) is 0 Å². The quantitative estimate of drug-likeness (QED) is 0.648. The maximum atomic E-state index is 13.2. The first-order chi connectivity index (χ1) is 8.18. The molecule has 0 atom stereocenters. The van der Waals surface area contributed by atoms with Crippen LogP contribution in [-0.4, -0.2) is 16.6 Å². The molecule has 0 amide bonds. The summed E-state index contributed by atoms with van der Waals surface area (Å²) in [5.74, 6) is -1.66. The highest BCUT2D eigenvalue weighted by Gasteiger charge is 2.31. The van der Waals surface area contributed by atoms with Crippen LogP contribution >= 0.6 is 0 Å². The van der Waals surface area contributed by atoms with Gasteiger partial charge in [-0.05, 0) is 30.3 Å². The topological polar surface area (TPSA) is 47.0 Å². The van der Waals surface area contributed by atoms with E-state index < -0.39 is 17.4 Å². The van der Waals surface area contributed by atoms with Crippen LogP contribution in [0, 0.1) is 5.82 Å². The smallest absolute Gasteiger partial charge is 0.235 e. The molecule has 4 heteroatoms. The van der Waals surface area contributed by atoms with Crippen LogP contribution in [0.2, 0.25) is 0 Å². The number of carbonyl (C=O) groups is 2. The zero-order valence-electron chi connectivity index (χ0n) is 8.61. The Labute approximate surface area is 95.9 Å². The molecule has 0 radical (unpaired) electrons. The monoisotopic (exact) mass is 227 g/mol. The Morgan fingerprint density at radius 3 is 2.53 bits per heavy atom. The van der Waals surface area contributed by atoms with E-state index in [0.717, 1.165) is 6.07 Å². The van der Waals surface area contributed by atoms with Crippen molar-refractivity contribution in [1.29, 1.82) is 0 Å². The van der Waals surface area contributed by atoms with E-state index in [9.17, 15) is 14.0 Å². The predicted molar refractivity (Wildman–Crippen MR) is 58.3 cm³/mol. The first-order valence-electron chi connectivity index (χ1n) is 5.02. The number of hydrogen-bond donors (Lipinski definition) is 0. The Kier molecular flexibility index (Phi) is 1.92. The molecule has 1 heterocycles. The van der Waals surface area contributed by atoms with Crippen LogP contribution in [0.5, 0.6) is 0 Å². The molecule has 1 aliphatic carbocycles. The molecule has 0 bridgehead atoms. The second kappa shape index (κ2) is 3.31. The molecule has 1 aromatic heterocycles. The van der Waals surface area contributed by atoms with Gasteiger partial charge in [0.1, 0.15) is 5.82 Å². The van der Waals surface area contributed by atoms with Gasteiger partial charge in [0.15, 0.2) is 0 Å². The van der Waals surface area contributed by atoms with E-state index in [1.165, 1.54) is 24.4 Å². The van der Waals surface area contributed by atoms with E-state index in [0.29, 0.717) is 11.3 Å². The third kappa shape index (κ3) is 1.30. The van der Waals surface area contributed by atoms with Crippen LogP contribution in [0.1, 0.15) is 20.7 Å². The van der Waals surface area contributed by atoms with Crippen LogP contribution in [0.4, 0.5) is 4.39 Å². The van der Waals surface area contributed by atoms with E-state index >= 15 is 0 Å². The molecule has 0 aliphatic heterocycles. The second-order valence-corrected chi connectivity index (χ2v) is 3.75. The van der Waals surface area contributed by atoms with Gasteiger partial charge >= 0.3 is 0 Å². The standard InChI is InChI=1S/C13H6FNO2/c14-7-3-4-8-10(6-7)11-9(2-1-5-15-11)13(17)12(8)16/h1-6H. The number of ketones is 2. The average molecular weight is 227 g/mol. The number of aromatic nitrogens is 1. The van der Waals surface area contributed by atoms with Gasteiger partial charge in [-0.2, -0.15) is 0 Å². The summed E-state index contributed by atoms with van der Waals surface area (Å²) < 4.78 is 13.2. The van der Waals surface area contributed by atoms with E-state index in [2.05, 4.69) is 4.98 Å². The number of rotatable bonds is 0. The van der Waals surface area contributed by atoms with Gasteiger partial charge in [-0.15, -0.1) is 0 Å². The first-order valence-corrected chi connectivity index (χ1v) is 5.02. The molecule has 0 fully saturated rings. The number of fused-ring (bicyclic) bond motifs is 3. The SMILES string of the molecule is O=C1C(=O)c2cccnc2-c2cc(F)ccc21. The summed E-state index contributed by atoms with van der Waals surface area (Å²) in [6, 6.07) is 6.82. The molecule has 1 aromatic carbocycles. The molecule has 17 heavy (non-hydrogen) atoms. The highest BCUT2D eigenvalue weighted by molar-refractivity contribution is 6.52. The van der Waals surface area contributed by atoms with Crippen LogP contribution in [0.3, 0.4) is 0 Å². The molecule has 82 valence electrons. The van der Waals surface area contributed by atoms with Gasteiger partial charge in [-0.3, -0.25) is 14.6 Å². The van der Waals surface area contributed by atoms with E-state index in [1.807, 2.05) is 0 Å². The van der Waals surface area contributed by atoms with Crippen molar-refractivity contribution in [2.75, 3.05) is 0 Å². The molecule has 3 nitrogen and oxygen atoms in total. The van der Waals surface area contributed by atoms with Crippen molar-refractivity contribution >= 4 is 11.6 Å². The summed E-state index contributed by atoms with van der Waals surface area (Å²) in [6.07, 6.45) is 1.51. The van der Waals surface area contributed by atoms with Gasteiger partial charge in [0, 0.05) is 17.3 Å². The molecule has 0 saturated heterocycles. The van der Waals surface area contributed by atoms with Crippen LogP contribution in [0.25, 0.3) is 11.3 Å². The van der Waals surface area contributed by atoms with Gasteiger partial charge in [0.05, 0.1) is 11.3 Å². The molecule has 1 aliphatic rings. The van der Waals surface area contributed by atoms with Crippen molar-refractivity contribution in [2.45, 2.75) is 0 Å². The lowest BCUT2D eigenvalue weighted by Gasteiger charge is -2.16. The number of Topliss-reactive ketones (excluding diaryl/α,β-unsaturated/α-hetero) is 2. The second-order valence-electron chi connectivity index (χ2n) is 3.75. The maximum absolute atomic E-state index is 13.2. The zero-order chi connectivity index (χ0) is 12.0. The highest BCUT2D eigenvalue weighted by Crippen LogP contribution is 2.31. The number of hydrogen-bond acceptors (Lipinski definition) is 3. The van der Waals surface area contributed by atoms with Crippen LogP contribution in [0.15, 0.2) is 36.5 Å². The fraction of sp³-hybridized carbons (Fsp3) is 0. The Balaban J connectivity index is 2.41. The van der Waals surface area contributed by atoms with Crippen molar-refractivity contribution in [3.8, 4) is 11.3 Å². The minimum atomic E-state index is -0.611. The summed E-state index contributed by atoms with van der Waals surface area (Å²) in [7, 11) is 0. The van der Waals surface area contributed by atoms with Crippen molar-refractivity contribution in [2.24, 2.45) is 0 Å². The number of carbonyl (C=O) groups excluding carboxylic acids is 2. The fourth-order valence-corrected chi connectivity index (χ4v) is 1.96. The van der Waals surface area contributed by atoms with Crippen molar-refractivity contribution < 1.29 is 14.0 Å². The molecular formula is C13H6FNO2. The molecular weight excluding hydrogens is 221 g/mol. The Morgan fingerprint density at radius 2 is 1.71 bits per heavy atom. The third-order valence-corrected chi connectivity index (χ3v) is 2.74. The summed E-state index contributed by atoms with van der Waals surface area (Å²) in [5, 5.41) is 0. The third-order valence-electron chi connectivity index (χ3n) is 2.74. The van der Waals surface area contributed by atoms with Gasteiger partial charge in [-0.25, -0.2) is 4.39 Å². The lowest BCUT2D eigenvalue weighted by molar-refractivity contribution is 0.0815. The van der Waals surface area contributed by atoms with Gasteiger partial charge in [-0.1, -0.05) is 0 Å². The van der Waals surface area contributed by atoms with E-state index in [-0.39, 0.29) is 11.1 Å². The minimum Gasteiger partial charge on any atom is -0.285 e. The molecule has 0 N–H and O–H groups in total. The predicted octanol–water partition coefficient (Wildman–Crippen LogP) is 2.27. The van der Waals surface area contributed by atoms with E-state index in [4.69, 9.17) is 0 Å². The van der Waals surface area contributed by atoms with Crippen molar-refractivity contribution in [3.05, 3.63) is 53.5 Å². The lowest BCUT2D eigenvalue weighted by Crippen LogP contribution is -2.21. The number of benzene rings is 1. The summed E-state index contributed by atoms with van der Waals surface area (Å²) in [6.45, 7) is 0. The normalized spacial score (nSPS) is 13.2. The maximum Gasteiger partial charge on any atom is 0.235 e. The Morgan fingerprint density at radius 1 is 0.941 bits per heavy atom. The highest BCUT2D eigenvalue weighted by atomic mass is 19.1. The van der Waals surface area contributed by atoms with Crippen LogP contribution < -0.4 is 0 Å². The average Bonchev–Trinajstić information content (AvgIpc) is 2.36. The number of halogens is 1. The minimum absolute atomic E-state index is 0.211. The molecule has 3 rings (SSSR count). The first kappa shape index (κ1) is 9.84. The van der Waals surface area contributed by atoms with Gasteiger partial charge < -0.3 is 0 Å². The summed E-state index contributed by atoms with van der Waals surface area (Å²) >= 11 is 0. The Hall–Kier alpha value is -2.36. The Bertz CT molecular complexity index is 664. The van der Waals surface area contributed by atoms with Gasteiger partial charge in [0.25, 0.3) is 0 Å². The lowest BCUT2D eigenvalue weighted by atomic mass is 9.87. The molecule has 0 spiro atoms. The zero-order valence-corrected chi connectivity index (χ0v) is 8.61. The van der Waals surface area contributed by atoms with Crippen molar-refractivity contribution in [1.82, 2.24) is 4.98 Å². The van der Waals surface area contributed by atoms with Crippen LogP contribution in [-0.2, 0) is 0 Å². The van der Waals surface area contributed by atoms with Gasteiger partial charge in [0.2, 0.25) is 11.6 Å². The summed E-state index contributed by atoms with van der Waals surface area (Å²) in [4.78, 5) is 27.6. The molecule has 2 aromatic rings. The number of pyridine rings is 1. The van der Waals surface area contributed by atoms with E-state index in [1.54, 1.807) is 6.07 Å². The fourth-order valence-electron chi connectivity index (χ4n) is 1.96. The molecule has 0 unspecified atom stereocenters. The largest absolute Gasteiger partial charge is 0.285 e. The molecule has 0 saturated carbocycles. The number of nitrogens with zero attached hydrogens (tertiary/aromatic N) is 1.